The minimum atomic E-state index is -1.29. The van der Waals surface area contributed by atoms with Crippen molar-refractivity contribution in [2.24, 2.45) is 17.8 Å². The summed E-state index contributed by atoms with van der Waals surface area (Å²) < 4.78 is 5.19. The quantitative estimate of drug-likeness (QED) is 0.457. The van der Waals surface area contributed by atoms with E-state index < -0.39 is 37.8 Å². The third-order valence-electron chi connectivity index (χ3n) is 3.57. The monoisotopic (exact) mass is 286 g/mol. The van der Waals surface area contributed by atoms with E-state index in [1.807, 2.05) is 0 Å². The highest BCUT2D eigenvalue weighted by atomic mass is 28.3. The molecule has 0 radical (unpaired) electrons. The summed E-state index contributed by atoms with van der Waals surface area (Å²) in [7, 11) is -1.29. The first-order valence-corrected chi connectivity index (χ1v) is 10.3. The van der Waals surface area contributed by atoms with Gasteiger partial charge in [0.2, 0.25) is 0 Å². The lowest BCUT2D eigenvalue weighted by Crippen LogP contribution is -2.32. The third-order valence-corrected chi connectivity index (χ3v) is 5.27. The molecule has 0 saturated heterocycles. The van der Waals surface area contributed by atoms with Crippen LogP contribution in [0.25, 0.3) is 0 Å². The second kappa shape index (κ2) is 6.32. The van der Waals surface area contributed by atoms with E-state index in [0.29, 0.717) is 25.7 Å². The largest absolute Gasteiger partial charge is 0.481 e. The zero-order valence-electron chi connectivity index (χ0n) is 11.7. The lowest BCUT2D eigenvalue weighted by Gasteiger charge is -2.20. The second-order valence-corrected chi connectivity index (χ2v) is 11.9. The van der Waals surface area contributed by atoms with E-state index in [1.165, 1.54) is 0 Å². The fourth-order valence-corrected chi connectivity index (χ4v) is 3.07. The van der Waals surface area contributed by atoms with Crippen molar-refractivity contribution in [3.8, 4) is 0 Å². The van der Waals surface area contributed by atoms with Crippen molar-refractivity contribution in [3.05, 3.63) is 0 Å². The lowest BCUT2D eigenvalue weighted by atomic mass is 9.90. The molecule has 0 heterocycles. The van der Waals surface area contributed by atoms with Gasteiger partial charge in [0.1, 0.15) is 6.29 Å². The molecule has 0 aromatic heterocycles. The maximum Gasteiger partial charge on any atom is 0.310 e. The molecule has 1 N–H and O–H groups in total. The minimum absolute atomic E-state index is 0.322. The number of carboxylic acids is 1. The van der Waals surface area contributed by atoms with Gasteiger partial charge in [-0.3, -0.25) is 9.59 Å². The van der Waals surface area contributed by atoms with Crippen LogP contribution in [0, 0.1) is 17.8 Å². The molecule has 6 heteroatoms. The van der Waals surface area contributed by atoms with Gasteiger partial charge >= 0.3 is 11.9 Å². The van der Waals surface area contributed by atoms with Crippen LogP contribution in [-0.2, 0) is 19.1 Å². The summed E-state index contributed by atoms with van der Waals surface area (Å²) in [5.74, 6) is -3.65. The summed E-state index contributed by atoms with van der Waals surface area (Å²) in [5, 5.41) is 9.08. The Hall–Kier alpha value is -1.17. The molecule has 5 nitrogen and oxygen atoms in total. The number of carbonyl (C=O) groups is 3. The number of hydrogen-bond donors (Lipinski definition) is 1. The number of aldehydes is 1. The molecular formula is C13H22O5Si. The van der Waals surface area contributed by atoms with E-state index in [4.69, 9.17) is 9.84 Å². The Kier molecular flexibility index (Phi) is 5.28. The Balaban J connectivity index is 2.61. The molecule has 3 atom stereocenters. The van der Waals surface area contributed by atoms with Crippen molar-refractivity contribution in [2.75, 3.05) is 6.61 Å². The Morgan fingerprint density at radius 1 is 1.32 bits per heavy atom. The molecule has 1 rings (SSSR count). The van der Waals surface area contributed by atoms with Crippen LogP contribution in [0.5, 0.6) is 0 Å². The molecule has 0 amide bonds. The van der Waals surface area contributed by atoms with E-state index in [-0.39, 0.29) is 0 Å². The van der Waals surface area contributed by atoms with Crippen molar-refractivity contribution in [1.29, 1.82) is 0 Å². The number of rotatable bonds is 6. The minimum Gasteiger partial charge on any atom is -0.481 e. The van der Waals surface area contributed by atoms with Crippen molar-refractivity contribution < 1.29 is 24.2 Å². The van der Waals surface area contributed by atoms with Gasteiger partial charge in [-0.15, -0.1) is 0 Å². The Morgan fingerprint density at radius 3 is 2.42 bits per heavy atom. The highest BCUT2D eigenvalue weighted by Crippen LogP contribution is 2.37. The zero-order chi connectivity index (χ0) is 14.6. The van der Waals surface area contributed by atoms with Gasteiger partial charge in [-0.05, 0) is 18.9 Å². The molecule has 0 bridgehead atoms. The second-order valence-electron chi connectivity index (χ2n) is 6.33. The highest BCUT2D eigenvalue weighted by molar-refractivity contribution is 6.76. The Bertz CT molecular complexity index is 361. The van der Waals surface area contributed by atoms with Crippen LogP contribution in [0.15, 0.2) is 0 Å². The van der Waals surface area contributed by atoms with Crippen LogP contribution in [-0.4, -0.2) is 38.0 Å². The molecule has 0 aromatic carbocycles. The highest BCUT2D eigenvalue weighted by Gasteiger charge is 2.45. The molecule has 1 aliphatic carbocycles. The summed E-state index contributed by atoms with van der Waals surface area (Å²) in [5.41, 5.74) is 0. The van der Waals surface area contributed by atoms with Gasteiger partial charge < -0.3 is 14.6 Å². The number of hydrogen-bond acceptors (Lipinski definition) is 4. The average Bonchev–Trinajstić information content (AvgIpc) is 2.70. The average molecular weight is 286 g/mol. The van der Waals surface area contributed by atoms with Gasteiger partial charge in [0.15, 0.2) is 0 Å². The molecular weight excluding hydrogens is 264 g/mol. The van der Waals surface area contributed by atoms with Crippen LogP contribution in [0.3, 0.4) is 0 Å². The topological polar surface area (TPSA) is 80.7 Å². The van der Waals surface area contributed by atoms with Crippen molar-refractivity contribution in [1.82, 2.24) is 0 Å². The third kappa shape index (κ3) is 4.45. The first kappa shape index (κ1) is 15.9. The van der Waals surface area contributed by atoms with Crippen molar-refractivity contribution >= 4 is 26.3 Å². The maximum atomic E-state index is 12.0. The van der Waals surface area contributed by atoms with Crippen LogP contribution in [0.4, 0.5) is 0 Å². The number of esters is 1. The van der Waals surface area contributed by atoms with Crippen LogP contribution in [0.1, 0.15) is 12.8 Å². The molecule has 108 valence electrons. The molecule has 0 aliphatic heterocycles. The van der Waals surface area contributed by atoms with Gasteiger partial charge in [-0.2, -0.15) is 0 Å². The fraction of sp³-hybridized carbons (Fsp3) is 0.769. The summed E-state index contributed by atoms with van der Waals surface area (Å²) in [6.45, 7) is 6.84. The van der Waals surface area contributed by atoms with E-state index >= 15 is 0 Å². The smallest absolute Gasteiger partial charge is 0.310 e. The van der Waals surface area contributed by atoms with Crippen LogP contribution in [0.2, 0.25) is 25.7 Å². The van der Waals surface area contributed by atoms with E-state index in [2.05, 4.69) is 19.6 Å². The summed E-state index contributed by atoms with van der Waals surface area (Å²) in [6.07, 6.45) is 1.51. The summed E-state index contributed by atoms with van der Waals surface area (Å²) in [4.78, 5) is 34.0. The number of carbonyl (C=O) groups excluding carboxylic acids is 2. The Labute approximate surface area is 114 Å². The first-order valence-electron chi connectivity index (χ1n) is 6.61. The molecule has 1 aliphatic rings. The molecule has 1 fully saturated rings. The summed E-state index contributed by atoms with van der Waals surface area (Å²) >= 11 is 0. The first-order chi connectivity index (χ1) is 8.76. The standard InChI is InChI=1S/C13H22O5Si/c1-19(2,3)7-6-18-13(17)11-9(8-14)4-5-10(11)12(15)16/h8-11H,4-7H2,1-3H3,(H,15,16)/t9-,10-,11-/m0/s1. The van der Waals surface area contributed by atoms with E-state index in [9.17, 15) is 14.4 Å². The normalized spacial score (nSPS) is 27.0. The van der Waals surface area contributed by atoms with Gasteiger partial charge in [0.25, 0.3) is 0 Å². The lowest BCUT2D eigenvalue weighted by molar-refractivity contribution is -0.158. The van der Waals surface area contributed by atoms with E-state index in [1.54, 1.807) is 0 Å². The maximum absolute atomic E-state index is 12.0. The van der Waals surface area contributed by atoms with Gasteiger partial charge in [-0.1, -0.05) is 19.6 Å². The number of aliphatic carboxylic acids is 1. The molecule has 0 unspecified atom stereocenters. The Morgan fingerprint density at radius 2 is 1.95 bits per heavy atom. The SMILES string of the molecule is C[Si](C)(C)CCOC(=O)[C@H]1[C@H](C=O)CC[C@@H]1C(=O)O. The predicted octanol–water partition coefficient (Wildman–Crippen LogP) is 1.79. The fourth-order valence-electron chi connectivity index (χ4n) is 2.35. The molecule has 0 spiro atoms. The van der Waals surface area contributed by atoms with Crippen LogP contribution < -0.4 is 0 Å². The molecule has 1 saturated carbocycles. The predicted molar refractivity (Wildman–Crippen MR) is 72.5 cm³/mol. The number of ether oxygens (including phenoxy) is 1. The number of carboxylic acid groups (broad SMARTS) is 1. The van der Waals surface area contributed by atoms with Gasteiger partial charge in [0, 0.05) is 14.0 Å². The van der Waals surface area contributed by atoms with Crippen LogP contribution >= 0.6 is 0 Å². The van der Waals surface area contributed by atoms with E-state index in [0.717, 1.165) is 6.04 Å². The van der Waals surface area contributed by atoms with Gasteiger partial charge in [0.05, 0.1) is 18.4 Å². The molecule has 19 heavy (non-hydrogen) atoms. The summed E-state index contributed by atoms with van der Waals surface area (Å²) in [6, 6.07) is 0.842. The van der Waals surface area contributed by atoms with Crippen molar-refractivity contribution in [3.63, 3.8) is 0 Å². The zero-order valence-corrected chi connectivity index (χ0v) is 12.7. The van der Waals surface area contributed by atoms with Gasteiger partial charge in [-0.25, -0.2) is 0 Å². The molecule has 0 aromatic rings. The van der Waals surface area contributed by atoms with Crippen molar-refractivity contribution in [2.45, 2.75) is 38.5 Å².